The molecule has 0 bridgehead atoms. The SMILES string of the molecule is C=CCNC(=O)Nc1cccc(Br)n1. The van der Waals surface area contributed by atoms with Crippen LogP contribution in [-0.4, -0.2) is 17.6 Å². The molecular weight excluding hydrogens is 246 g/mol. The quantitative estimate of drug-likeness (QED) is 0.643. The molecule has 4 nitrogen and oxygen atoms in total. The molecule has 5 heteroatoms. The molecule has 0 aliphatic rings. The summed E-state index contributed by atoms with van der Waals surface area (Å²) < 4.78 is 0.680. The predicted molar refractivity (Wildman–Crippen MR) is 59.2 cm³/mol. The van der Waals surface area contributed by atoms with Gasteiger partial charge in [-0.2, -0.15) is 0 Å². The van der Waals surface area contributed by atoms with Gasteiger partial charge in [0.15, 0.2) is 0 Å². The first kappa shape index (κ1) is 10.7. The predicted octanol–water partition coefficient (Wildman–Crippen LogP) is 2.15. The Morgan fingerprint density at radius 2 is 2.43 bits per heavy atom. The minimum Gasteiger partial charge on any atom is -0.334 e. The van der Waals surface area contributed by atoms with Crippen molar-refractivity contribution in [2.45, 2.75) is 0 Å². The Bertz CT molecular complexity index is 341. The van der Waals surface area contributed by atoms with E-state index in [1.807, 2.05) is 0 Å². The summed E-state index contributed by atoms with van der Waals surface area (Å²) in [5, 5.41) is 5.16. The first-order valence-corrected chi connectivity index (χ1v) is 4.80. The van der Waals surface area contributed by atoms with Crippen molar-refractivity contribution in [1.29, 1.82) is 0 Å². The Hall–Kier alpha value is -1.36. The molecule has 0 unspecified atom stereocenters. The zero-order valence-electron chi connectivity index (χ0n) is 7.46. The van der Waals surface area contributed by atoms with Crippen LogP contribution in [0.3, 0.4) is 0 Å². The van der Waals surface area contributed by atoms with Crippen molar-refractivity contribution >= 4 is 27.8 Å². The van der Waals surface area contributed by atoms with Gasteiger partial charge in [-0.1, -0.05) is 12.1 Å². The van der Waals surface area contributed by atoms with Crippen LogP contribution in [0.5, 0.6) is 0 Å². The fraction of sp³-hybridized carbons (Fsp3) is 0.111. The van der Waals surface area contributed by atoms with Gasteiger partial charge in [-0.3, -0.25) is 5.32 Å². The van der Waals surface area contributed by atoms with E-state index in [-0.39, 0.29) is 6.03 Å². The van der Waals surface area contributed by atoms with Crippen LogP contribution in [0.15, 0.2) is 35.5 Å². The first-order chi connectivity index (χ1) is 6.72. The van der Waals surface area contributed by atoms with Crippen LogP contribution in [0, 0.1) is 0 Å². The molecule has 14 heavy (non-hydrogen) atoms. The Balaban J connectivity index is 2.51. The maximum Gasteiger partial charge on any atom is 0.320 e. The second-order valence-electron chi connectivity index (χ2n) is 2.47. The van der Waals surface area contributed by atoms with Crippen LogP contribution in [0.1, 0.15) is 0 Å². The van der Waals surface area contributed by atoms with Gasteiger partial charge in [0.05, 0.1) is 0 Å². The number of anilines is 1. The van der Waals surface area contributed by atoms with Crippen molar-refractivity contribution in [2.75, 3.05) is 11.9 Å². The van der Waals surface area contributed by atoms with Crippen LogP contribution < -0.4 is 10.6 Å². The fourth-order valence-corrected chi connectivity index (χ4v) is 1.15. The number of carbonyl (C=O) groups excluding carboxylic acids is 1. The van der Waals surface area contributed by atoms with E-state index in [1.54, 1.807) is 24.3 Å². The highest BCUT2D eigenvalue weighted by atomic mass is 79.9. The second kappa shape index (κ2) is 5.39. The van der Waals surface area contributed by atoms with E-state index in [1.165, 1.54) is 0 Å². The molecule has 0 saturated carbocycles. The van der Waals surface area contributed by atoms with Gasteiger partial charge in [-0.05, 0) is 28.1 Å². The van der Waals surface area contributed by atoms with Crippen LogP contribution in [0.4, 0.5) is 10.6 Å². The van der Waals surface area contributed by atoms with Crippen molar-refractivity contribution in [3.63, 3.8) is 0 Å². The van der Waals surface area contributed by atoms with E-state index >= 15 is 0 Å². The fourth-order valence-electron chi connectivity index (χ4n) is 0.803. The molecule has 0 aliphatic heterocycles. The first-order valence-electron chi connectivity index (χ1n) is 4.00. The second-order valence-corrected chi connectivity index (χ2v) is 3.28. The number of pyridine rings is 1. The molecule has 0 spiro atoms. The molecule has 1 rings (SSSR count). The Morgan fingerprint density at radius 3 is 3.07 bits per heavy atom. The van der Waals surface area contributed by atoms with E-state index in [4.69, 9.17) is 0 Å². The highest BCUT2D eigenvalue weighted by molar-refractivity contribution is 9.10. The molecule has 74 valence electrons. The highest BCUT2D eigenvalue weighted by Crippen LogP contribution is 2.09. The van der Waals surface area contributed by atoms with Gasteiger partial charge in [0.25, 0.3) is 0 Å². The zero-order chi connectivity index (χ0) is 10.4. The molecule has 2 N–H and O–H groups in total. The van der Waals surface area contributed by atoms with Crippen molar-refractivity contribution < 1.29 is 4.79 Å². The van der Waals surface area contributed by atoms with Gasteiger partial charge in [0.1, 0.15) is 10.4 Å². The number of nitrogens with one attached hydrogen (secondary N) is 2. The van der Waals surface area contributed by atoms with Gasteiger partial charge < -0.3 is 5.32 Å². The lowest BCUT2D eigenvalue weighted by Crippen LogP contribution is -2.28. The molecular formula is C9H10BrN3O. The van der Waals surface area contributed by atoms with E-state index < -0.39 is 0 Å². The van der Waals surface area contributed by atoms with E-state index in [2.05, 4.69) is 38.1 Å². The van der Waals surface area contributed by atoms with Crippen molar-refractivity contribution in [1.82, 2.24) is 10.3 Å². The topological polar surface area (TPSA) is 54.0 Å². The summed E-state index contributed by atoms with van der Waals surface area (Å²) in [7, 11) is 0. The summed E-state index contributed by atoms with van der Waals surface area (Å²) >= 11 is 3.21. The van der Waals surface area contributed by atoms with Gasteiger partial charge in [0.2, 0.25) is 0 Å². The minimum atomic E-state index is -0.296. The normalized spacial score (nSPS) is 9.21. The molecule has 0 fully saturated rings. The maximum absolute atomic E-state index is 11.2. The number of nitrogens with zero attached hydrogens (tertiary/aromatic N) is 1. The molecule has 0 atom stereocenters. The van der Waals surface area contributed by atoms with Crippen molar-refractivity contribution in [3.05, 3.63) is 35.5 Å². The van der Waals surface area contributed by atoms with Crippen LogP contribution in [0.25, 0.3) is 0 Å². The number of hydrogen-bond donors (Lipinski definition) is 2. The summed E-state index contributed by atoms with van der Waals surface area (Å²) in [5.74, 6) is 0.501. The number of carbonyl (C=O) groups is 1. The largest absolute Gasteiger partial charge is 0.334 e. The van der Waals surface area contributed by atoms with Crippen LogP contribution in [-0.2, 0) is 0 Å². The van der Waals surface area contributed by atoms with E-state index in [9.17, 15) is 4.79 Å². The zero-order valence-corrected chi connectivity index (χ0v) is 9.04. The van der Waals surface area contributed by atoms with Crippen LogP contribution in [0.2, 0.25) is 0 Å². The standard InChI is InChI=1S/C9H10BrN3O/c1-2-6-11-9(14)13-8-5-3-4-7(10)12-8/h2-5H,1,6H2,(H2,11,12,13,14). The highest BCUT2D eigenvalue weighted by Gasteiger charge is 2.00. The summed E-state index contributed by atoms with van der Waals surface area (Å²) in [6, 6.07) is 4.99. The van der Waals surface area contributed by atoms with Crippen LogP contribution >= 0.6 is 15.9 Å². The van der Waals surface area contributed by atoms with Gasteiger partial charge in [-0.25, -0.2) is 9.78 Å². The smallest absolute Gasteiger partial charge is 0.320 e. The monoisotopic (exact) mass is 255 g/mol. The Labute approximate surface area is 90.6 Å². The number of aromatic nitrogens is 1. The van der Waals surface area contributed by atoms with Gasteiger partial charge >= 0.3 is 6.03 Å². The average molecular weight is 256 g/mol. The lowest BCUT2D eigenvalue weighted by atomic mass is 10.5. The summed E-state index contributed by atoms with van der Waals surface area (Å²) in [6.07, 6.45) is 1.61. The Kier molecular flexibility index (Phi) is 4.12. The molecule has 0 aromatic carbocycles. The minimum absolute atomic E-state index is 0.296. The average Bonchev–Trinajstić information content (AvgIpc) is 2.15. The third-order valence-electron chi connectivity index (χ3n) is 1.36. The molecule has 2 amide bonds. The summed E-state index contributed by atoms with van der Waals surface area (Å²) in [5.41, 5.74) is 0. The summed E-state index contributed by atoms with van der Waals surface area (Å²) in [6.45, 7) is 3.92. The van der Waals surface area contributed by atoms with Gasteiger partial charge in [0, 0.05) is 6.54 Å². The van der Waals surface area contributed by atoms with E-state index in [0.29, 0.717) is 17.0 Å². The molecule has 0 aliphatic carbocycles. The number of rotatable bonds is 3. The molecule has 0 saturated heterocycles. The third kappa shape index (κ3) is 3.57. The molecule has 0 radical (unpaired) electrons. The number of amides is 2. The van der Waals surface area contributed by atoms with Crippen molar-refractivity contribution in [3.8, 4) is 0 Å². The molecule has 1 aromatic rings. The number of halogens is 1. The summed E-state index contributed by atoms with van der Waals surface area (Å²) in [4.78, 5) is 15.2. The van der Waals surface area contributed by atoms with Crippen molar-refractivity contribution in [2.24, 2.45) is 0 Å². The third-order valence-corrected chi connectivity index (χ3v) is 1.81. The number of hydrogen-bond acceptors (Lipinski definition) is 2. The lowest BCUT2D eigenvalue weighted by molar-refractivity contribution is 0.253. The van der Waals surface area contributed by atoms with Gasteiger partial charge in [-0.15, -0.1) is 6.58 Å². The van der Waals surface area contributed by atoms with E-state index in [0.717, 1.165) is 0 Å². The maximum atomic E-state index is 11.2. The Morgan fingerprint density at radius 1 is 1.64 bits per heavy atom. The lowest BCUT2D eigenvalue weighted by Gasteiger charge is -2.04. The number of urea groups is 1. The molecule has 1 aromatic heterocycles. The molecule has 1 heterocycles.